The van der Waals surface area contributed by atoms with E-state index in [9.17, 15) is 4.79 Å². The first-order valence-corrected chi connectivity index (χ1v) is 9.31. The van der Waals surface area contributed by atoms with E-state index in [0.717, 1.165) is 18.5 Å². The van der Waals surface area contributed by atoms with Crippen LogP contribution in [-0.4, -0.2) is 24.7 Å². The number of anilines is 2. The Bertz CT molecular complexity index is 806. The fourth-order valence-electron chi connectivity index (χ4n) is 3.09. The van der Waals surface area contributed by atoms with E-state index in [0.29, 0.717) is 23.2 Å². The number of hydrogen-bond donors (Lipinski definition) is 3. The fourth-order valence-corrected chi connectivity index (χ4v) is 3.21. The number of nitrogens with one attached hydrogen (secondary N) is 2. The normalized spacial score (nSPS) is 17.0. The SMILES string of the molecule is CCC(CC1COC(N)=N1)c1ccc(NC(=O)Nc2ccc(Cl)cc2)cc1. The van der Waals surface area contributed by atoms with Crippen molar-refractivity contribution in [3.8, 4) is 0 Å². The second-order valence-corrected chi connectivity index (χ2v) is 6.92. The van der Waals surface area contributed by atoms with Crippen LogP contribution in [0.1, 0.15) is 31.2 Å². The molecule has 2 aromatic rings. The first-order valence-electron chi connectivity index (χ1n) is 8.93. The average Bonchev–Trinajstić information content (AvgIpc) is 3.07. The Labute approximate surface area is 163 Å². The number of nitrogens with zero attached hydrogens (tertiary/aromatic N) is 1. The minimum absolute atomic E-state index is 0.109. The van der Waals surface area contributed by atoms with Crippen molar-refractivity contribution < 1.29 is 9.53 Å². The van der Waals surface area contributed by atoms with Gasteiger partial charge in [0.2, 0.25) is 0 Å². The van der Waals surface area contributed by atoms with Crippen LogP contribution in [0.25, 0.3) is 0 Å². The Morgan fingerprint density at radius 3 is 2.30 bits per heavy atom. The lowest BCUT2D eigenvalue weighted by Gasteiger charge is -2.18. The van der Waals surface area contributed by atoms with Crippen LogP contribution < -0.4 is 16.4 Å². The zero-order valence-electron chi connectivity index (χ0n) is 15.1. The molecule has 142 valence electrons. The maximum Gasteiger partial charge on any atom is 0.323 e. The van der Waals surface area contributed by atoms with Crippen molar-refractivity contribution in [2.24, 2.45) is 10.7 Å². The van der Waals surface area contributed by atoms with Crippen molar-refractivity contribution in [3.63, 3.8) is 0 Å². The smallest absolute Gasteiger partial charge is 0.323 e. The summed E-state index contributed by atoms with van der Waals surface area (Å²) in [6, 6.07) is 14.9. The van der Waals surface area contributed by atoms with Crippen LogP contribution >= 0.6 is 11.6 Å². The molecule has 2 aromatic carbocycles. The van der Waals surface area contributed by atoms with Crippen molar-refractivity contribution in [2.45, 2.75) is 31.7 Å². The van der Waals surface area contributed by atoms with Gasteiger partial charge in [0, 0.05) is 16.4 Å². The number of amidine groups is 1. The Morgan fingerprint density at radius 1 is 1.19 bits per heavy atom. The topological polar surface area (TPSA) is 88.7 Å². The molecule has 0 saturated carbocycles. The van der Waals surface area contributed by atoms with E-state index in [2.05, 4.69) is 22.5 Å². The van der Waals surface area contributed by atoms with Crippen LogP contribution in [0.5, 0.6) is 0 Å². The summed E-state index contributed by atoms with van der Waals surface area (Å²) in [6.07, 6.45) is 1.89. The molecule has 3 rings (SSSR count). The van der Waals surface area contributed by atoms with Gasteiger partial charge in [-0.3, -0.25) is 0 Å². The summed E-state index contributed by atoms with van der Waals surface area (Å²) < 4.78 is 5.23. The predicted molar refractivity (Wildman–Crippen MR) is 110 cm³/mol. The monoisotopic (exact) mass is 386 g/mol. The zero-order chi connectivity index (χ0) is 19.2. The second kappa shape index (κ2) is 8.77. The molecule has 0 radical (unpaired) electrons. The molecule has 0 fully saturated rings. The summed E-state index contributed by atoms with van der Waals surface area (Å²) >= 11 is 5.84. The van der Waals surface area contributed by atoms with Gasteiger partial charge in [-0.2, -0.15) is 0 Å². The van der Waals surface area contributed by atoms with E-state index in [1.807, 2.05) is 24.3 Å². The highest BCUT2D eigenvalue weighted by Crippen LogP contribution is 2.28. The van der Waals surface area contributed by atoms with Crippen LogP contribution in [0.4, 0.5) is 16.2 Å². The molecular weight excluding hydrogens is 364 g/mol. The summed E-state index contributed by atoms with van der Waals surface area (Å²) in [4.78, 5) is 16.4. The number of aliphatic imine (C=N–C) groups is 1. The summed E-state index contributed by atoms with van der Waals surface area (Å²) in [7, 11) is 0. The Morgan fingerprint density at radius 2 is 1.78 bits per heavy atom. The predicted octanol–water partition coefficient (Wildman–Crippen LogP) is 4.58. The van der Waals surface area contributed by atoms with E-state index in [1.54, 1.807) is 24.3 Å². The Hall–Kier alpha value is -2.73. The number of benzene rings is 2. The lowest BCUT2D eigenvalue weighted by Crippen LogP contribution is -2.19. The molecule has 4 N–H and O–H groups in total. The fraction of sp³-hybridized carbons (Fsp3) is 0.300. The summed E-state index contributed by atoms with van der Waals surface area (Å²) in [6.45, 7) is 2.70. The van der Waals surface area contributed by atoms with Gasteiger partial charge < -0.3 is 21.1 Å². The third-order valence-corrected chi connectivity index (χ3v) is 4.78. The second-order valence-electron chi connectivity index (χ2n) is 6.48. The molecule has 2 atom stereocenters. The molecule has 0 aromatic heterocycles. The largest absolute Gasteiger partial charge is 0.463 e. The quantitative estimate of drug-likeness (QED) is 0.678. The van der Waals surface area contributed by atoms with Crippen molar-refractivity contribution >= 4 is 35.0 Å². The number of nitrogens with two attached hydrogens (primary N) is 1. The van der Waals surface area contributed by atoms with Crippen LogP contribution in [-0.2, 0) is 4.74 Å². The number of halogens is 1. The molecular formula is C20H23ClN4O2. The molecule has 1 heterocycles. The average molecular weight is 387 g/mol. The van der Waals surface area contributed by atoms with Gasteiger partial charge in [0.25, 0.3) is 6.02 Å². The van der Waals surface area contributed by atoms with Gasteiger partial charge in [-0.15, -0.1) is 0 Å². The van der Waals surface area contributed by atoms with E-state index in [4.69, 9.17) is 22.1 Å². The molecule has 1 aliphatic rings. The van der Waals surface area contributed by atoms with E-state index in [-0.39, 0.29) is 18.1 Å². The van der Waals surface area contributed by atoms with E-state index < -0.39 is 0 Å². The van der Waals surface area contributed by atoms with Gasteiger partial charge in [-0.1, -0.05) is 30.7 Å². The van der Waals surface area contributed by atoms with Crippen molar-refractivity contribution in [3.05, 3.63) is 59.1 Å². The Balaban J connectivity index is 1.57. The van der Waals surface area contributed by atoms with Crippen LogP contribution in [0.2, 0.25) is 5.02 Å². The number of urea groups is 1. The van der Waals surface area contributed by atoms with Gasteiger partial charge in [-0.25, -0.2) is 9.79 Å². The lowest BCUT2D eigenvalue weighted by atomic mass is 9.90. The highest BCUT2D eigenvalue weighted by molar-refractivity contribution is 6.30. The van der Waals surface area contributed by atoms with Crippen LogP contribution in [0, 0.1) is 0 Å². The molecule has 6 nitrogen and oxygen atoms in total. The van der Waals surface area contributed by atoms with Crippen LogP contribution in [0.3, 0.4) is 0 Å². The minimum atomic E-state index is -0.301. The van der Waals surface area contributed by atoms with Gasteiger partial charge in [-0.05, 0) is 60.7 Å². The molecule has 1 aliphatic heterocycles. The van der Waals surface area contributed by atoms with Crippen molar-refractivity contribution in [2.75, 3.05) is 17.2 Å². The third kappa shape index (κ3) is 5.37. The van der Waals surface area contributed by atoms with E-state index >= 15 is 0 Å². The summed E-state index contributed by atoms with van der Waals surface area (Å²) in [5.74, 6) is 0.366. The van der Waals surface area contributed by atoms with Gasteiger partial charge in [0.1, 0.15) is 6.61 Å². The zero-order valence-corrected chi connectivity index (χ0v) is 15.9. The van der Waals surface area contributed by atoms with Crippen LogP contribution in [0.15, 0.2) is 53.5 Å². The number of amides is 2. The number of carbonyl (C=O) groups is 1. The number of rotatable bonds is 6. The summed E-state index contributed by atoms with van der Waals surface area (Å²) in [5.41, 5.74) is 8.20. The molecule has 2 amide bonds. The maximum absolute atomic E-state index is 12.1. The molecule has 2 unspecified atom stereocenters. The standard InChI is InChI=1S/C20H23ClN4O2/c1-2-13(11-18-12-27-19(22)23-18)14-3-7-16(8-4-14)24-20(26)25-17-9-5-15(21)6-10-17/h3-10,13,18H,2,11-12H2,1H3,(H2,22,23)(H2,24,25,26). The number of hydrogen-bond acceptors (Lipinski definition) is 4. The lowest BCUT2D eigenvalue weighted by molar-refractivity contribution is 0.262. The first kappa shape index (κ1) is 19.0. The molecule has 0 bridgehead atoms. The highest BCUT2D eigenvalue weighted by Gasteiger charge is 2.21. The van der Waals surface area contributed by atoms with Gasteiger partial charge in [0.05, 0.1) is 6.04 Å². The molecule has 27 heavy (non-hydrogen) atoms. The third-order valence-electron chi connectivity index (χ3n) is 4.52. The van der Waals surface area contributed by atoms with E-state index in [1.165, 1.54) is 5.56 Å². The minimum Gasteiger partial charge on any atom is -0.463 e. The molecule has 7 heteroatoms. The molecule has 0 saturated heterocycles. The maximum atomic E-state index is 12.1. The first-order chi connectivity index (χ1) is 13.0. The number of ether oxygens (including phenoxy) is 1. The Kier molecular flexibility index (Phi) is 6.19. The highest BCUT2D eigenvalue weighted by atomic mass is 35.5. The molecule has 0 spiro atoms. The van der Waals surface area contributed by atoms with Gasteiger partial charge >= 0.3 is 6.03 Å². The van der Waals surface area contributed by atoms with Gasteiger partial charge in [0.15, 0.2) is 0 Å². The number of carbonyl (C=O) groups excluding carboxylic acids is 1. The van der Waals surface area contributed by atoms with Crippen molar-refractivity contribution in [1.82, 2.24) is 0 Å². The summed E-state index contributed by atoms with van der Waals surface area (Å²) in [5, 5.41) is 6.22. The van der Waals surface area contributed by atoms with Crippen molar-refractivity contribution in [1.29, 1.82) is 0 Å². The molecule has 0 aliphatic carbocycles.